The van der Waals surface area contributed by atoms with E-state index in [1.165, 1.54) is 11.1 Å². The van der Waals surface area contributed by atoms with Crippen molar-refractivity contribution in [3.63, 3.8) is 0 Å². The molecule has 5 nitrogen and oxygen atoms in total. The molecule has 1 aliphatic heterocycles. The van der Waals surface area contributed by atoms with Crippen molar-refractivity contribution in [2.75, 3.05) is 13.1 Å². The molecule has 5 heteroatoms. The monoisotopic (exact) mass is 320 g/mol. The van der Waals surface area contributed by atoms with E-state index >= 15 is 0 Å². The lowest BCUT2D eigenvalue weighted by molar-refractivity contribution is 0.0923. The normalized spacial score (nSPS) is 14.8. The lowest BCUT2D eigenvalue weighted by Gasteiger charge is -2.27. The molecule has 0 amide bonds. The van der Waals surface area contributed by atoms with Gasteiger partial charge in [-0.3, -0.25) is 9.69 Å². The summed E-state index contributed by atoms with van der Waals surface area (Å²) >= 11 is 0. The van der Waals surface area contributed by atoms with Crippen LogP contribution in [0.3, 0.4) is 0 Å². The number of hydrogen-bond donors (Lipinski definition) is 0. The van der Waals surface area contributed by atoms with Crippen molar-refractivity contribution in [2.24, 2.45) is 0 Å². The smallest absolute Gasteiger partial charge is 0.182 e. The number of rotatable bonds is 3. The molecule has 0 saturated carbocycles. The number of aromatic nitrogens is 3. The molecule has 0 unspecified atom stereocenters. The third-order valence-electron chi connectivity index (χ3n) is 4.66. The fourth-order valence-electron chi connectivity index (χ4n) is 3.44. The molecule has 4 rings (SSSR count). The molecule has 2 aromatic heterocycles. The number of nitrogens with zero attached hydrogens (tertiary/aromatic N) is 4. The third kappa shape index (κ3) is 2.61. The van der Waals surface area contributed by atoms with Gasteiger partial charge >= 0.3 is 0 Å². The Kier molecular flexibility index (Phi) is 3.65. The Morgan fingerprint density at radius 2 is 2.00 bits per heavy atom. The Hall–Kier alpha value is -2.53. The van der Waals surface area contributed by atoms with Gasteiger partial charge in [-0.2, -0.15) is 5.10 Å². The van der Waals surface area contributed by atoms with E-state index in [0.717, 1.165) is 30.9 Å². The number of carbonyl (C=O) groups is 1. The quantitative estimate of drug-likeness (QED) is 0.696. The second kappa shape index (κ2) is 5.83. The molecule has 0 radical (unpaired) electrons. The molecular weight excluding hydrogens is 300 g/mol. The van der Waals surface area contributed by atoms with E-state index in [4.69, 9.17) is 0 Å². The van der Waals surface area contributed by atoms with Crippen LogP contribution in [0, 0.1) is 13.8 Å². The van der Waals surface area contributed by atoms with Gasteiger partial charge in [0.25, 0.3) is 0 Å². The van der Waals surface area contributed by atoms with Crippen molar-refractivity contribution < 1.29 is 4.79 Å². The van der Waals surface area contributed by atoms with Crippen molar-refractivity contribution in [3.8, 4) is 0 Å². The van der Waals surface area contributed by atoms with Crippen LogP contribution in [0.5, 0.6) is 0 Å². The van der Waals surface area contributed by atoms with Crippen LogP contribution in [0.25, 0.3) is 5.65 Å². The Morgan fingerprint density at radius 3 is 2.83 bits per heavy atom. The molecule has 1 aromatic carbocycles. The van der Waals surface area contributed by atoms with Gasteiger partial charge in [0, 0.05) is 24.5 Å². The van der Waals surface area contributed by atoms with E-state index in [2.05, 4.69) is 39.2 Å². The molecule has 0 atom stereocenters. The Labute approximate surface area is 140 Å². The summed E-state index contributed by atoms with van der Waals surface area (Å²) in [5.41, 5.74) is 5.88. The summed E-state index contributed by atoms with van der Waals surface area (Å²) in [6.45, 7) is 6.06. The number of ketones is 1. The van der Waals surface area contributed by atoms with Crippen LogP contribution in [0.2, 0.25) is 0 Å². The minimum atomic E-state index is 0.0851. The molecule has 0 fully saturated rings. The highest BCUT2D eigenvalue weighted by atomic mass is 16.1. The number of benzene rings is 1. The summed E-state index contributed by atoms with van der Waals surface area (Å²) in [5.74, 6) is 0.0851. The van der Waals surface area contributed by atoms with Gasteiger partial charge in [-0.25, -0.2) is 9.50 Å². The highest BCUT2D eigenvalue weighted by Gasteiger charge is 2.21. The largest absolute Gasteiger partial charge is 0.293 e. The molecule has 3 aromatic rings. The first-order valence-corrected chi connectivity index (χ1v) is 8.26. The van der Waals surface area contributed by atoms with E-state index in [-0.39, 0.29) is 5.78 Å². The van der Waals surface area contributed by atoms with Crippen LogP contribution < -0.4 is 0 Å². The molecule has 0 bridgehead atoms. The Bertz CT molecular complexity index is 928. The first kappa shape index (κ1) is 15.0. The second-order valence-corrected chi connectivity index (χ2v) is 6.49. The lowest BCUT2D eigenvalue weighted by atomic mass is 9.99. The SMILES string of the molecule is Cc1cc(C)n2ncc(C(=O)CN3CCc4ccccc4C3)c2n1. The zero-order valence-corrected chi connectivity index (χ0v) is 14.0. The fraction of sp³-hybridized carbons (Fsp3) is 0.316. The summed E-state index contributed by atoms with van der Waals surface area (Å²) in [7, 11) is 0. The first-order valence-electron chi connectivity index (χ1n) is 8.26. The van der Waals surface area contributed by atoms with Crippen LogP contribution >= 0.6 is 0 Å². The third-order valence-corrected chi connectivity index (χ3v) is 4.66. The summed E-state index contributed by atoms with van der Waals surface area (Å²) in [6, 6.07) is 10.4. The fourth-order valence-corrected chi connectivity index (χ4v) is 3.44. The number of carbonyl (C=O) groups excluding carboxylic acids is 1. The minimum Gasteiger partial charge on any atom is -0.293 e. The molecular formula is C19H20N4O. The van der Waals surface area contributed by atoms with Gasteiger partial charge in [0.05, 0.1) is 18.3 Å². The van der Waals surface area contributed by atoms with Crippen LogP contribution in [0.4, 0.5) is 0 Å². The predicted molar refractivity (Wildman–Crippen MR) is 92.2 cm³/mol. The zero-order valence-electron chi connectivity index (χ0n) is 14.0. The van der Waals surface area contributed by atoms with Gasteiger partial charge in [-0.15, -0.1) is 0 Å². The van der Waals surface area contributed by atoms with E-state index in [1.54, 1.807) is 10.7 Å². The maximum absolute atomic E-state index is 12.8. The van der Waals surface area contributed by atoms with Crippen LogP contribution in [0.15, 0.2) is 36.5 Å². The molecule has 122 valence electrons. The topological polar surface area (TPSA) is 50.5 Å². The van der Waals surface area contributed by atoms with Crippen LogP contribution in [-0.2, 0) is 13.0 Å². The summed E-state index contributed by atoms with van der Waals surface area (Å²) < 4.78 is 1.74. The zero-order chi connectivity index (χ0) is 16.7. The molecule has 24 heavy (non-hydrogen) atoms. The van der Waals surface area contributed by atoms with Gasteiger partial charge < -0.3 is 0 Å². The Balaban J connectivity index is 1.57. The maximum Gasteiger partial charge on any atom is 0.182 e. The standard InChI is InChI=1S/C19H20N4O/c1-13-9-14(2)23-19(21-13)17(10-20-23)18(24)12-22-8-7-15-5-3-4-6-16(15)11-22/h3-6,9-10H,7-8,11-12H2,1-2H3. The highest BCUT2D eigenvalue weighted by Crippen LogP contribution is 2.19. The average Bonchev–Trinajstić information content (AvgIpc) is 2.99. The maximum atomic E-state index is 12.8. The van der Waals surface area contributed by atoms with E-state index < -0.39 is 0 Å². The Morgan fingerprint density at radius 1 is 1.21 bits per heavy atom. The van der Waals surface area contributed by atoms with Crippen molar-refractivity contribution in [3.05, 3.63) is 64.6 Å². The van der Waals surface area contributed by atoms with Crippen molar-refractivity contribution in [2.45, 2.75) is 26.8 Å². The van der Waals surface area contributed by atoms with Gasteiger partial charge in [0.15, 0.2) is 11.4 Å². The molecule has 0 aliphatic carbocycles. The van der Waals surface area contributed by atoms with E-state index in [1.807, 2.05) is 19.9 Å². The predicted octanol–water partition coefficient (Wildman–Crippen LogP) is 2.59. The second-order valence-electron chi connectivity index (χ2n) is 6.49. The molecule has 0 saturated heterocycles. The summed E-state index contributed by atoms with van der Waals surface area (Å²) in [6.07, 6.45) is 2.64. The number of hydrogen-bond acceptors (Lipinski definition) is 4. The molecule has 0 N–H and O–H groups in total. The van der Waals surface area contributed by atoms with Gasteiger partial charge in [-0.05, 0) is 37.5 Å². The summed E-state index contributed by atoms with van der Waals surface area (Å²) in [5, 5.41) is 4.32. The van der Waals surface area contributed by atoms with Crippen LogP contribution in [-0.4, -0.2) is 38.4 Å². The minimum absolute atomic E-state index is 0.0851. The first-order chi connectivity index (χ1) is 11.6. The van der Waals surface area contributed by atoms with Crippen molar-refractivity contribution >= 4 is 11.4 Å². The van der Waals surface area contributed by atoms with Crippen molar-refractivity contribution in [1.82, 2.24) is 19.5 Å². The number of Topliss-reactive ketones (excluding diaryl/α,β-unsaturated/α-hetero) is 1. The van der Waals surface area contributed by atoms with Crippen molar-refractivity contribution in [1.29, 1.82) is 0 Å². The van der Waals surface area contributed by atoms with Crippen LogP contribution in [0.1, 0.15) is 32.9 Å². The molecule has 1 aliphatic rings. The average molecular weight is 320 g/mol. The van der Waals surface area contributed by atoms with Gasteiger partial charge in [-0.1, -0.05) is 24.3 Å². The van der Waals surface area contributed by atoms with E-state index in [0.29, 0.717) is 17.8 Å². The van der Waals surface area contributed by atoms with E-state index in [9.17, 15) is 4.79 Å². The number of aryl methyl sites for hydroxylation is 2. The molecule has 3 heterocycles. The van der Waals surface area contributed by atoms with Gasteiger partial charge in [0.1, 0.15) is 0 Å². The molecule has 0 spiro atoms. The number of fused-ring (bicyclic) bond motifs is 2. The summed E-state index contributed by atoms with van der Waals surface area (Å²) in [4.78, 5) is 19.5. The van der Waals surface area contributed by atoms with Gasteiger partial charge in [0.2, 0.25) is 0 Å². The lowest BCUT2D eigenvalue weighted by Crippen LogP contribution is -2.34. The highest BCUT2D eigenvalue weighted by molar-refractivity contribution is 6.02.